The van der Waals surface area contributed by atoms with Crippen molar-refractivity contribution in [3.63, 3.8) is 0 Å². The average Bonchev–Trinajstić information content (AvgIpc) is 2.41. The lowest BCUT2D eigenvalue weighted by Gasteiger charge is -2.09. The highest BCUT2D eigenvalue weighted by molar-refractivity contribution is 5.92. The number of anilines is 1. The van der Waals surface area contributed by atoms with E-state index in [2.05, 4.69) is 0 Å². The maximum atomic E-state index is 13.4. The van der Waals surface area contributed by atoms with Crippen molar-refractivity contribution in [1.29, 1.82) is 0 Å². The van der Waals surface area contributed by atoms with Gasteiger partial charge in [-0.2, -0.15) is 0 Å². The van der Waals surface area contributed by atoms with E-state index < -0.39 is 34.9 Å². The minimum absolute atomic E-state index is 0.0511. The third kappa shape index (κ3) is 3.31. The van der Waals surface area contributed by atoms with Gasteiger partial charge in [-0.3, -0.25) is 4.79 Å². The fourth-order valence-corrected chi connectivity index (χ4v) is 1.72. The van der Waals surface area contributed by atoms with Crippen LogP contribution in [0.3, 0.4) is 0 Å². The number of nitrogens with one attached hydrogen (secondary N) is 1. The molecule has 0 spiro atoms. The van der Waals surface area contributed by atoms with Crippen LogP contribution in [0.5, 0.6) is 5.75 Å². The standard InChI is InChI=1S/C14H9F4NO2/c15-9-6-10(16)13(18)14(12(9)17)19-11(21)5-7-2-1-3-8(20)4-7/h1-4,6,20H,5H2,(H,19,21). The second kappa shape index (κ2) is 5.82. The van der Waals surface area contributed by atoms with E-state index in [1.807, 2.05) is 0 Å². The van der Waals surface area contributed by atoms with E-state index in [9.17, 15) is 27.5 Å². The maximum Gasteiger partial charge on any atom is 0.228 e. The van der Waals surface area contributed by atoms with Crippen molar-refractivity contribution >= 4 is 11.6 Å². The van der Waals surface area contributed by atoms with E-state index in [1.54, 1.807) is 5.32 Å². The zero-order valence-electron chi connectivity index (χ0n) is 10.5. The van der Waals surface area contributed by atoms with Crippen molar-refractivity contribution in [2.45, 2.75) is 6.42 Å². The predicted molar refractivity (Wildman–Crippen MR) is 66.7 cm³/mol. The van der Waals surface area contributed by atoms with Crippen molar-refractivity contribution in [2.75, 3.05) is 5.32 Å². The molecule has 1 amide bonds. The summed E-state index contributed by atoms with van der Waals surface area (Å²) in [5, 5.41) is 11.0. The normalized spacial score (nSPS) is 10.5. The van der Waals surface area contributed by atoms with Gasteiger partial charge in [-0.25, -0.2) is 17.6 Å². The summed E-state index contributed by atoms with van der Waals surface area (Å²) in [7, 11) is 0. The van der Waals surface area contributed by atoms with E-state index in [-0.39, 0.29) is 18.2 Å². The van der Waals surface area contributed by atoms with Crippen LogP contribution in [-0.4, -0.2) is 11.0 Å². The molecule has 0 saturated heterocycles. The number of benzene rings is 2. The molecule has 0 unspecified atom stereocenters. The molecule has 0 aromatic heterocycles. The number of amides is 1. The summed E-state index contributed by atoms with van der Waals surface area (Å²) >= 11 is 0. The number of rotatable bonds is 3. The van der Waals surface area contributed by atoms with E-state index in [1.165, 1.54) is 24.3 Å². The van der Waals surface area contributed by atoms with Gasteiger partial charge in [-0.15, -0.1) is 0 Å². The van der Waals surface area contributed by atoms with Gasteiger partial charge in [0.25, 0.3) is 0 Å². The van der Waals surface area contributed by atoms with Crippen LogP contribution in [0.1, 0.15) is 5.56 Å². The van der Waals surface area contributed by atoms with Crippen molar-refractivity contribution < 1.29 is 27.5 Å². The third-order valence-electron chi connectivity index (χ3n) is 2.65. The summed E-state index contributed by atoms with van der Waals surface area (Å²) in [6.07, 6.45) is -0.328. The molecule has 0 aliphatic carbocycles. The zero-order valence-corrected chi connectivity index (χ0v) is 10.5. The molecule has 0 heterocycles. The maximum absolute atomic E-state index is 13.4. The molecule has 2 aromatic rings. The van der Waals surface area contributed by atoms with E-state index in [4.69, 9.17) is 0 Å². The van der Waals surface area contributed by atoms with Gasteiger partial charge in [0, 0.05) is 6.07 Å². The van der Waals surface area contributed by atoms with Gasteiger partial charge in [-0.05, 0) is 17.7 Å². The Labute approximate surface area is 116 Å². The Kier molecular flexibility index (Phi) is 4.11. The SMILES string of the molecule is O=C(Cc1cccc(O)c1)Nc1c(F)c(F)cc(F)c1F. The van der Waals surface area contributed by atoms with Crippen LogP contribution in [0.2, 0.25) is 0 Å². The quantitative estimate of drug-likeness (QED) is 0.676. The topological polar surface area (TPSA) is 49.3 Å². The number of hydrogen-bond acceptors (Lipinski definition) is 2. The number of hydrogen-bond donors (Lipinski definition) is 2. The molecule has 0 fully saturated rings. The molecule has 0 saturated carbocycles. The van der Waals surface area contributed by atoms with Gasteiger partial charge < -0.3 is 10.4 Å². The van der Waals surface area contributed by atoms with Gasteiger partial charge in [-0.1, -0.05) is 12.1 Å². The monoisotopic (exact) mass is 299 g/mol. The lowest BCUT2D eigenvalue weighted by Crippen LogP contribution is -2.17. The average molecular weight is 299 g/mol. The van der Waals surface area contributed by atoms with Gasteiger partial charge in [0.1, 0.15) is 11.4 Å². The van der Waals surface area contributed by atoms with Crippen molar-refractivity contribution in [3.05, 3.63) is 59.2 Å². The summed E-state index contributed by atoms with van der Waals surface area (Å²) in [4.78, 5) is 11.6. The first kappa shape index (κ1) is 14.8. The zero-order chi connectivity index (χ0) is 15.6. The lowest BCUT2D eigenvalue weighted by molar-refractivity contribution is -0.115. The minimum Gasteiger partial charge on any atom is -0.508 e. The lowest BCUT2D eigenvalue weighted by atomic mass is 10.1. The molecule has 2 N–H and O–H groups in total. The van der Waals surface area contributed by atoms with Crippen molar-refractivity contribution in [1.82, 2.24) is 0 Å². The number of carbonyl (C=O) groups is 1. The highest BCUT2D eigenvalue weighted by Gasteiger charge is 2.20. The van der Waals surface area contributed by atoms with Crippen LogP contribution < -0.4 is 5.32 Å². The van der Waals surface area contributed by atoms with Crippen LogP contribution in [-0.2, 0) is 11.2 Å². The molecule has 2 aromatic carbocycles. The van der Waals surface area contributed by atoms with Crippen LogP contribution >= 0.6 is 0 Å². The number of carbonyl (C=O) groups excluding carboxylic acids is 1. The summed E-state index contributed by atoms with van der Waals surface area (Å²) in [6, 6.07) is 5.68. The summed E-state index contributed by atoms with van der Waals surface area (Å²) < 4.78 is 52.7. The fraction of sp³-hybridized carbons (Fsp3) is 0.0714. The molecular formula is C14H9F4NO2. The summed E-state index contributed by atoms with van der Waals surface area (Å²) in [5.74, 6) is -7.56. The van der Waals surface area contributed by atoms with Gasteiger partial charge in [0.15, 0.2) is 23.3 Å². The third-order valence-corrected chi connectivity index (χ3v) is 2.65. The van der Waals surface area contributed by atoms with Crippen molar-refractivity contribution in [2.24, 2.45) is 0 Å². The molecule has 3 nitrogen and oxygen atoms in total. The molecule has 0 aliphatic heterocycles. The minimum atomic E-state index is -1.68. The first-order chi connectivity index (χ1) is 9.88. The molecule has 0 atom stereocenters. The van der Waals surface area contributed by atoms with E-state index in [0.29, 0.717) is 5.56 Å². The Hall–Kier alpha value is -2.57. The molecule has 21 heavy (non-hydrogen) atoms. The molecule has 2 rings (SSSR count). The number of phenolic OH excluding ortho intramolecular Hbond substituents is 1. The first-order valence-corrected chi connectivity index (χ1v) is 5.79. The van der Waals surface area contributed by atoms with Gasteiger partial charge >= 0.3 is 0 Å². The molecular weight excluding hydrogens is 290 g/mol. The number of aromatic hydroxyl groups is 1. The first-order valence-electron chi connectivity index (χ1n) is 5.79. The van der Waals surface area contributed by atoms with Gasteiger partial charge in [0.05, 0.1) is 6.42 Å². The number of phenols is 1. The Balaban J connectivity index is 2.21. The molecule has 0 bridgehead atoms. The van der Waals surface area contributed by atoms with Crippen LogP contribution in [0.15, 0.2) is 30.3 Å². The molecule has 7 heteroatoms. The summed E-state index contributed by atoms with van der Waals surface area (Å²) in [5.41, 5.74) is -0.817. The smallest absolute Gasteiger partial charge is 0.228 e. The Bertz CT molecular complexity index is 677. The van der Waals surface area contributed by atoms with Crippen LogP contribution in [0.25, 0.3) is 0 Å². The van der Waals surface area contributed by atoms with Crippen LogP contribution in [0, 0.1) is 23.3 Å². The van der Waals surface area contributed by atoms with E-state index in [0.717, 1.165) is 0 Å². The Morgan fingerprint density at radius 1 is 1.05 bits per heavy atom. The Morgan fingerprint density at radius 2 is 1.67 bits per heavy atom. The summed E-state index contributed by atoms with van der Waals surface area (Å²) in [6.45, 7) is 0. The largest absolute Gasteiger partial charge is 0.508 e. The van der Waals surface area contributed by atoms with Gasteiger partial charge in [0.2, 0.25) is 5.91 Å². The molecule has 110 valence electrons. The predicted octanol–water partition coefficient (Wildman–Crippen LogP) is 3.13. The second-order valence-electron chi connectivity index (χ2n) is 4.24. The highest BCUT2D eigenvalue weighted by Crippen LogP contribution is 2.24. The number of halogens is 4. The fourth-order valence-electron chi connectivity index (χ4n) is 1.72. The molecule has 0 aliphatic rings. The molecule has 0 radical (unpaired) electrons. The second-order valence-corrected chi connectivity index (χ2v) is 4.24. The highest BCUT2D eigenvalue weighted by atomic mass is 19.2. The van der Waals surface area contributed by atoms with E-state index >= 15 is 0 Å². The Morgan fingerprint density at radius 3 is 2.24 bits per heavy atom. The van der Waals surface area contributed by atoms with Crippen LogP contribution in [0.4, 0.5) is 23.2 Å². The van der Waals surface area contributed by atoms with Crippen molar-refractivity contribution in [3.8, 4) is 5.75 Å².